The Bertz CT molecular complexity index is 517. The van der Waals surface area contributed by atoms with Crippen molar-refractivity contribution in [1.82, 2.24) is 10.0 Å². The number of nitrogens with two attached hydrogens (primary N) is 1. The highest BCUT2D eigenvalue weighted by Gasteiger charge is 2.11. The molecule has 114 valence electrons. The van der Waals surface area contributed by atoms with Gasteiger partial charge in [0.1, 0.15) is 0 Å². The first-order chi connectivity index (χ1) is 8.99. The number of carbonyl (C=O) groups is 1. The molecule has 4 N–H and O–H groups in total. The van der Waals surface area contributed by atoms with Crippen LogP contribution in [0.15, 0.2) is 29.2 Å². The standard InChI is InChI=1S/C12H19N3O3S.ClH/c1-2-15-19(17,18)11-5-3-10(4-6-11)9-14-12(16)7-8-13;/h3-6,15H,2,7-9,13H2,1H3,(H,14,16);1H. The Morgan fingerprint density at radius 1 is 1.25 bits per heavy atom. The van der Waals surface area contributed by atoms with Gasteiger partial charge in [-0.1, -0.05) is 19.1 Å². The fourth-order valence-corrected chi connectivity index (χ4v) is 2.52. The predicted molar refractivity (Wildman–Crippen MR) is 80.1 cm³/mol. The maximum atomic E-state index is 11.7. The molecule has 0 heterocycles. The highest BCUT2D eigenvalue weighted by molar-refractivity contribution is 7.89. The molecule has 0 fully saturated rings. The third-order valence-electron chi connectivity index (χ3n) is 2.43. The Labute approximate surface area is 125 Å². The molecule has 0 saturated carbocycles. The van der Waals surface area contributed by atoms with Crippen molar-refractivity contribution < 1.29 is 13.2 Å². The van der Waals surface area contributed by atoms with E-state index in [-0.39, 0.29) is 29.6 Å². The lowest BCUT2D eigenvalue weighted by atomic mass is 10.2. The molecule has 1 aromatic rings. The summed E-state index contributed by atoms with van der Waals surface area (Å²) in [6, 6.07) is 6.38. The number of hydrogen-bond donors (Lipinski definition) is 3. The molecule has 8 heteroatoms. The van der Waals surface area contributed by atoms with Gasteiger partial charge in [-0.15, -0.1) is 12.4 Å². The van der Waals surface area contributed by atoms with Gasteiger partial charge in [0.15, 0.2) is 0 Å². The van der Waals surface area contributed by atoms with Crippen molar-refractivity contribution in [2.75, 3.05) is 13.1 Å². The molecule has 0 radical (unpaired) electrons. The van der Waals surface area contributed by atoms with Gasteiger partial charge in [0, 0.05) is 26.1 Å². The number of halogens is 1. The Morgan fingerprint density at radius 2 is 1.85 bits per heavy atom. The average molecular weight is 322 g/mol. The molecule has 0 aliphatic carbocycles. The zero-order chi connectivity index (χ0) is 14.3. The van der Waals surface area contributed by atoms with E-state index in [9.17, 15) is 13.2 Å². The predicted octanol–water partition coefficient (Wildman–Crippen LogP) is 0.372. The average Bonchev–Trinajstić information content (AvgIpc) is 2.37. The number of amides is 1. The quantitative estimate of drug-likeness (QED) is 0.675. The lowest BCUT2D eigenvalue weighted by Crippen LogP contribution is -2.25. The fraction of sp³-hybridized carbons (Fsp3) is 0.417. The molecule has 1 aromatic carbocycles. The van der Waals surface area contributed by atoms with Gasteiger partial charge in [0.05, 0.1) is 4.90 Å². The van der Waals surface area contributed by atoms with E-state index in [1.807, 2.05) is 0 Å². The molecule has 6 nitrogen and oxygen atoms in total. The molecule has 0 aliphatic heterocycles. The van der Waals surface area contributed by atoms with E-state index < -0.39 is 10.0 Å². The number of carbonyl (C=O) groups excluding carboxylic acids is 1. The molecule has 0 aliphatic rings. The molecule has 0 atom stereocenters. The minimum absolute atomic E-state index is 0. The van der Waals surface area contributed by atoms with Crippen LogP contribution in [0.1, 0.15) is 18.9 Å². The molecule has 0 spiro atoms. The summed E-state index contributed by atoms with van der Waals surface area (Å²) >= 11 is 0. The second-order valence-electron chi connectivity index (χ2n) is 3.96. The van der Waals surface area contributed by atoms with Gasteiger partial charge in [0.25, 0.3) is 0 Å². The Balaban J connectivity index is 0.00000361. The Hall–Kier alpha value is -1.15. The summed E-state index contributed by atoms with van der Waals surface area (Å²) in [5, 5.41) is 2.70. The summed E-state index contributed by atoms with van der Waals surface area (Å²) in [5.74, 6) is -0.119. The van der Waals surface area contributed by atoms with Gasteiger partial charge >= 0.3 is 0 Å². The molecule has 0 saturated heterocycles. The van der Waals surface area contributed by atoms with E-state index >= 15 is 0 Å². The summed E-state index contributed by atoms with van der Waals surface area (Å²) < 4.78 is 25.8. The van der Waals surface area contributed by atoms with E-state index in [1.165, 1.54) is 12.1 Å². The second-order valence-corrected chi connectivity index (χ2v) is 5.73. The fourth-order valence-electron chi connectivity index (χ4n) is 1.48. The number of sulfonamides is 1. The highest BCUT2D eigenvalue weighted by Crippen LogP contribution is 2.10. The Kier molecular flexibility index (Phi) is 8.40. The summed E-state index contributed by atoms with van der Waals surface area (Å²) in [7, 11) is -3.42. The van der Waals surface area contributed by atoms with Crippen molar-refractivity contribution >= 4 is 28.3 Å². The summed E-state index contributed by atoms with van der Waals surface area (Å²) in [5.41, 5.74) is 6.09. The first-order valence-electron chi connectivity index (χ1n) is 6.05. The van der Waals surface area contributed by atoms with Crippen molar-refractivity contribution in [2.24, 2.45) is 5.73 Å². The van der Waals surface area contributed by atoms with Crippen molar-refractivity contribution in [1.29, 1.82) is 0 Å². The summed E-state index contributed by atoms with van der Waals surface area (Å²) in [4.78, 5) is 11.4. The number of nitrogens with one attached hydrogen (secondary N) is 2. The molecule has 0 bridgehead atoms. The van der Waals surface area contributed by atoms with Crippen molar-refractivity contribution in [3.63, 3.8) is 0 Å². The molecular formula is C12H20ClN3O3S. The van der Waals surface area contributed by atoms with Crippen LogP contribution < -0.4 is 15.8 Å². The van der Waals surface area contributed by atoms with E-state index in [2.05, 4.69) is 10.0 Å². The van der Waals surface area contributed by atoms with Crippen LogP contribution in [0.25, 0.3) is 0 Å². The zero-order valence-electron chi connectivity index (χ0n) is 11.3. The summed E-state index contributed by atoms with van der Waals surface area (Å²) in [6.07, 6.45) is 0.285. The van der Waals surface area contributed by atoms with Gasteiger partial charge in [-0.2, -0.15) is 0 Å². The molecule has 0 unspecified atom stereocenters. The number of benzene rings is 1. The maximum absolute atomic E-state index is 11.7. The number of hydrogen-bond acceptors (Lipinski definition) is 4. The molecule has 0 aromatic heterocycles. The third-order valence-corrected chi connectivity index (χ3v) is 3.99. The molecular weight excluding hydrogens is 302 g/mol. The second kappa shape index (κ2) is 8.91. The van der Waals surface area contributed by atoms with Gasteiger partial charge in [0.2, 0.25) is 15.9 Å². The van der Waals surface area contributed by atoms with Gasteiger partial charge in [-0.3, -0.25) is 4.79 Å². The first kappa shape index (κ1) is 18.9. The van der Waals surface area contributed by atoms with Crippen LogP contribution in [0, 0.1) is 0 Å². The van der Waals surface area contributed by atoms with E-state index in [0.29, 0.717) is 19.6 Å². The molecule has 1 amide bonds. The van der Waals surface area contributed by atoms with Crippen molar-refractivity contribution in [3.05, 3.63) is 29.8 Å². The van der Waals surface area contributed by atoms with Crippen molar-refractivity contribution in [2.45, 2.75) is 24.8 Å². The summed E-state index contributed by atoms with van der Waals surface area (Å²) in [6.45, 7) is 2.74. The van der Waals surface area contributed by atoms with Crippen LogP contribution in [0.5, 0.6) is 0 Å². The molecule has 1 rings (SSSR count). The normalized spacial score (nSPS) is 10.7. The van der Waals surface area contributed by atoms with Crippen molar-refractivity contribution in [3.8, 4) is 0 Å². The Morgan fingerprint density at radius 3 is 2.35 bits per heavy atom. The van der Waals surface area contributed by atoms with E-state index in [0.717, 1.165) is 5.56 Å². The number of rotatable bonds is 7. The largest absolute Gasteiger partial charge is 0.352 e. The lowest BCUT2D eigenvalue weighted by molar-refractivity contribution is -0.121. The molecule has 20 heavy (non-hydrogen) atoms. The monoisotopic (exact) mass is 321 g/mol. The minimum Gasteiger partial charge on any atom is -0.352 e. The first-order valence-corrected chi connectivity index (χ1v) is 7.53. The topological polar surface area (TPSA) is 101 Å². The van der Waals surface area contributed by atoms with E-state index in [4.69, 9.17) is 5.73 Å². The van der Waals surface area contributed by atoms with Gasteiger partial charge in [-0.05, 0) is 17.7 Å². The maximum Gasteiger partial charge on any atom is 0.240 e. The smallest absolute Gasteiger partial charge is 0.240 e. The van der Waals surface area contributed by atoms with E-state index in [1.54, 1.807) is 19.1 Å². The van der Waals surface area contributed by atoms with Crippen LogP contribution in [0.4, 0.5) is 0 Å². The zero-order valence-corrected chi connectivity index (χ0v) is 12.9. The minimum atomic E-state index is -3.42. The SMILES string of the molecule is CCNS(=O)(=O)c1ccc(CNC(=O)CCN)cc1.Cl. The third kappa shape index (κ3) is 5.87. The van der Waals surface area contributed by atoms with Gasteiger partial charge in [-0.25, -0.2) is 13.1 Å². The highest BCUT2D eigenvalue weighted by atomic mass is 35.5. The van der Waals surface area contributed by atoms with Crippen LogP contribution in [0.2, 0.25) is 0 Å². The van der Waals surface area contributed by atoms with Gasteiger partial charge < -0.3 is 11.1 Å². The van der Waals surface area contributed by atoms with Crippen LogP contribution in [-0.2, 0) is 21.4 Å². The van der Waals surface area contributed by atoms with Crippen LogP contribution in [0.3, 0.4) is 0 Å². The van der Waals surface area contributed by atoms with Crippen LogP contribution >= 0.6 is 12.4 Å². The van der Waals surface area contributed by atoms with Crippen LogP contribution in [-0.4, -0.2) is 27.4 Å². The lowest BCUT2D eigenvalue weighted by Gasteiger charge is -2.07.